The highest BCUT2D eigenvalue weighted by molar-refractivity contribution is 5.45. The van der Waals surface area contributed by atoms with Crippen molar-refractivity contribution in [3.05, 3.63) is 18.2 Å². The number of aromatic nitrogens is 1. The third-order valence-electron chi connectivity index (χ3n) is 2.61. The molecule has 0 bridgehead atoms. The van der Waals surface area contributed by atoms with Crippen molar-refractivity contribution < 1.29 is 0 Å². The Morgan fingerprint density at radius 2 is 2.12 bits per heavy atom. The minimum atomic E-state index is 0.704. The van der Waals surface area contributed by atoms with Gasteiger partial charge in [-0.25, -0.2) is 4.98 Å². The molecule has 3 heteroatoms. The maximum atomic E-state index is 4.52. The summed E-state index contributed by atoms with van der Waals surface area (Å²) in [6.07, 6.45) is 2.51. The summed E-state index contributed by atoms with van der Waals surface area (Å²) in [5.41, 5.74) is 0. The van der Waals surface area contributed by atoms with Crippen molar-refractivity contribution in [3.63, 3.8) is 0 Å². The van der Waals surface area contributed by atoms with E-state index in [9.17, 15) is 0 Å². The Morgan fingerprint density at radius 1 is 1.38 bits per heavy atom. The molecule has 3 nitrogen and oxygen atoms in total. The van der Waals surface area contributed by atoms with Crippen molar-refractivity contribution in [2.45, 2.75) is 26.7 Å². The van der Waals surface area contributed by atoms with Gasteiger partial charge in [-0.2, -0.15) is 0 Å². The lowest BCUT2D eigenvalue weighted by Gasteiger charge is -2.15. The fourth-order valence-corrected chi connectivity index (χ4v) is 1.64. The first-order valence-corrected chi connectivity index (χ1v) is 6.01. The SMILES string of the molecule is CCCC(C)CNc1cccc(N(C)C)n1. The van der Waals surface area contributed by atoms with Gasteiger partial charge in [-0.15, -0.1) is 0 Å². The van der Waals surface area contributed by atoms with E-state index in [1.807, 2.05) is 37.2 Å². The summed E-state index contributed by atoms with van der Waals surface area (Å²) >= 11 is 0. The first-order chi connectivity index (χ1) is 7.63. The monoisotopic (exact) mass is 221 g/mol. The van der Waals surface area contributed by atoms with Gasteiger partial charge in [-0.05, 0) is 24.5 Å². The van der Waals surface area contributed by atoms with E-state index in [1.165, 1.54) is 12.8 Å². The highest BCUT2D eigenvalue weighted by Crippen LogP contribution is 2.12. The molecule has 1 unspecified atom stereocenters. The molecule has 1 aromatic rings. The van der Waals surface area contributed by atoms with E-state index in [0.717, 1.165) is 18.2 Å². The van der Waals surface area contributed by atoms with E-state index in [-0.39, 0.29) is 0 Å². The molecule has 1 N–H and O–H groups in total. The number of rotatable bonds is 6. The molecule has 1 aromatic heterocycles. The molecule has 1 rings (SSSR count). The molecule has 0 fully saturated rings. The van der Waals surface area contributed by atoms with Crippen molar-refractivity contribution in [2.24, 2.45) is 5.92 Å². The summed E-state index contributed by atoms with van der Waals surface area (Å²) in [6, 6.07) is 6.07. The van der Waals surface area contributed by atoms with Gasteiger partial charge in [0.05, 0.1) is 0 Å². The van der Waals surface area contributed by atoms with Crippen LogP contribution in [0.2, 0.25) is 0 Å². The van der Waals surface area contributed by atoms with Gasteiger partial charge >= 0.3 is 0 Å². The summed E-state index contributed by atoms with van der Waals surface area (Å²) in [5.74, 6) is 2.66. The number of nitrogens with zero attached hydrogens (tertiary/aromatic N) is 2. The predicted molar refractivity (Wildman–Crippen MR) is 71.1 cm³/mol. The van der Waals surface area contributed by atoms with Crippen molar-refractivity contribution in [2.75, 3.05) is 30.9 Å². The molecule has 0 aliphatic carbocycles. The lowest BCUT2D eigenvalue weighted by Crippen LogP contribution is -2.14. The van der Waals surface area contributed by atoms with Crippen molar-refractivity contribution in [1.82, 2.24) is 4.98 Å². The van der Waals surface area contributed by atoms with Crippen LogP contribution in [0.5, 0.6) is 0 Å². The van der Waals surface area contributed by atoms with Gasteiger partial charge in [0.1, 0.15) is 11.6 Å². The largest absolute Gasteiger partial charge is 0.370 e. The molecule has 0 aliphatic heterocycles. The minimum absolute atomic E-state index is 0.704. The number of pyridine rings is 1. The van der Waals surface area contributed by atoms with Crippen LogP contribution in [-0.2, 0) is 0 Å². The van der Waals surface area contributed by atoms with Crippen LogP contribution < -0.4 is 10.2 Å². The van der Waals surface area contributed by atoms with Crippen molar-refractivity contribution >= 4 is 11.6 Å². The van der Waals surface area contributed by atoms with Crippen molar-refractivity contribution in [1.29, 1.82) is 0 Å². The number of hydrogen-bond acceptors (Lipinski definition) is 3. The lowest BCUT2D eigenvalue weighted by atomic mass is 10.1. The van der Waals surface area contributed by atoms with E-state index < -0.39 is 0 Å². The fraction of sp³-hybridized carbons (Fsp3) is 0.615. The summed E-state index contributed by atoms with van der Waals surface area (Å²) in [6.45, 7) is 5.49. The second-order valence-corrected chi connectivity index (χ2v) is 4.55. The van der Waals surface area contributed by atoms with Crippen LogP contribution in [0.1, 0.15) is 26.7 Å². The predicted octanol–water partition coefficient (Wildman–Crippen LogP) is 3.00. The number of hydrogen-bond donors (Lipinski definition) is 1. The molecule has 90 valence electrons. The van der Waals surface area contributed by atoms with E-state index >= 15 is 0 Å². The van der Waals surface area contributed by atoms with Crippen molar-refractivity contribution in [3.8, 4) is 0 Å². The molecule has 0 aromatic carbocycles. The zero-order valence-electron chi connectivity index (χ0n) is 10.8. The molecule has 0 amide bonds. The fourth-order valence-electron chi connectivity index (χ4n) is 1.64. The van der Waals surface area contributed by atoms with Crippen LogP contribution in [0, 0.1) is 5.92 Å². The van der Waals surface area contributed by atoms with E-state index in [0.29, 0.717) is 5.92 Å². The number of nitrogens with one attached hydrogen (secondary N) is 1. The first kappa shape index (κ1) is 12.8. The van der Waals surface area contributed by atoms with Gasteiger partial charge in [0.25, 0.3) is 0 Å². The van der Waals surface area contributed by atoms with Crippen LogP contribution in [0.15, 0.2) is 18.2 Å². The third kappa shape index (κ3) is 4.09. The Balaban J connectivity index is 2.50. The molecular formula is C13H23N3. The van der Waals surface area contributed by atoms with Crippen LogP contribution in [0.4, 0.5) is 11.6 Å². The standard InChI is InChI=1S/C13H23N3/c1-5-7-11(2)10-14-12-8-6-9-13(15-12)16(3)4/h6,8-9,11H,5,7,10H2,1-4H3,(H,14,15). The van der Waals surface area contributed by atoms with E-state index in [1.54, 1.807) is 0 Å². The third-order valence-corrected chi connectivity index (χ3v) is 2.61. The average Bonchev–Trinajstić information content (AvgIpc) is 2.27. The van der Waals surface area contributed by atoms with Crippen LogP contribution in [0.25, 0.3) is 0 Å². The normalized spacial score (nSPS) is 12.2. The Labute approximate surface area is 98.9 Å². The zero-order chi connectivity index (χ0) is 12.0. The molecule has 16 heavy (non-hydrogen) atoms. The van der Waals surface area contributed by atoms with E-state index in [4.69, 9.17) is 0 Å². The first-order valence-electron chi connectivity index (χ1n) is 6.01. The number of anilines is 2. The molecule has 0 radical (unpaired) electrons. The lowest BCUT2D eigenvalue weighted by molar-refractivity contribution is 0.550. The Morgan fingerprint density at radius 3 is 2.75 bits per heavy atom. The molecule has 0 saturated carbocycles. The summed E-state index contributed by atoms with van der Waals surface area (Å²) in [5, 5.41) is 3.39. The topological polar surface area (TPSA) is 28.2 Å². The second kappa shape index (κ2) is 6.36. The molecule has 1 atom stereocenters. The van der Waals surface area contributed by atoms with Crippen LogP contribution in [-0.4, -0.2) is 25.6 Å². The van der Waals surface area contributed by atoms with E-state index in [2.05, 4.69) is 24.1 Å². The van der Waals surface area contributed by atoms with Gasteiger partial charge in [-0.1, -0.05) is 26.3 Å². The van der Waals surface area contributed by atoms with Gasteiger partial charge in [-0.3, -0.25) is 0 Å². The summed E-state index contributed by atoms with van der Waals surface area (Å²) in [4.78, 5) is 6.53. The summed E-state index contributed by atoms with van der Waals surface area (Å²) < 4.78 is 0. The molecule has 0 spiro atoms. The van der Waals surface area contributed by atoms with Gasteiger partial charge in [0.15, 0.2) is 0 Å². The Kier molecular flexibility index (Phi) is 5.09. The Bertz CT molecular complexity index is 310. The highest BCUT2D eigenvalue weighted by atomic mass is 15.2. The molecular weight excluding hydrogens is 198 g/mol. The zero-order valence-corrected chi connectivity index (χ0v) is 10.8. The molecule has 0 saturated heterocycles. The minimum Gasteiger partial charge on any atom is -0.370 e. The van der Waals surface area contributed by atoms with Gasteiger partial charge in [0, 0.05) is 20.6 Å². The van der Waals surface area contributed by atoms with Crippen LogP contribution >= 0.6 is 0 Å². The smallest absolute Gasteiger partial charge is 0.130 e. The second-order valence-electron chi connectivity index (χ2n) is 4.55. The van der Waals surface area contributed by atoms with Gasteiger partial charge < -0.3 is 10.2 Å². The molecule has 1 heterocycles. The highest BCUT2D eigenvalue weighted by Gasteiger charge is 2.02. The van der Waals surface area contributed by atoms with Gasteiger partial charge in [0.2, 0.25) is 0 Å². The maximum absolute atomic E-state index is 4.52. The van der Waals surface area contributed by atoms with Crippen LogP contribution in [0.3, 0.4) is 0 Å². The quantitative estimate of drug-likeness (QED) is 0.800. The molecule has 0 aliphatic rings. The maximum Gasteiger partial charge on any atom is 0.130 e. The average molecular weight is 221 g/mol. The summed E-state index contributed by atoms with van der Waals surface area (Å²) in [7, 11) is 4.01. The Hall–Kier alpha value is -1.25.